The Morgan fingerprint density at radius 3 is 2.38 bits per heavy atom. The van der Waals surface area contributed by atoms with Crippen molar-refractivity contribution in [3.63, 3.8) is 0 Å². The van der Waals surface area contributed by atoms with Crippen LogP contribution in [0.2, 0.25) is 0 Å². The monoisotopic (exact) mass is 186 g/mol. The lowest BCUT2D eigenvalue weighted by atomic mass is 10.1. The molecule has 2 aliphatic rings. The molecule has 2 rings (SSSR count). The smallest absolute Gasteiger partial charge is 0.115 e. The summed E-state index contributed by atoms with van der Waals surface area (Å²) in [6.45, 7) is 2.35. The van der Waals surface area contributed by atoms with Gasteiger partial charge in [0.2, 0.25) is 0 Å². The molecule has 0 aliphatic carbocycles. The van der Waals surface area contributed by atoms with Gasteiger partial charge in [0.1, 0.15) is 18.3 Å². The maximum atomic E-state index is 8.77. The van der Waals surface area contributed by atoms with E-state index in [4.69, 9.17) is 14.6 Å². The number of ether oxygens (including phenoxy) is 2. The summed E-state index contributed by atoms with van der Waals surface area (Å²) in [4.78, 5) is 0. The highest BCUT2D eigenvalue weighted by Gasteiger charge is 2.56. The van der Waals surface area contributed by atoms with Gasteiger partial charge in [0.25, 0.3) is 0 Å². The van der Waals surface area contributed by atoms with Gasteiger partial charge in [0.15, 0.2) is 0 Å². The Labute approximate surface area is 79.0 Å². The van der Waals surface area contributed by atoms with Crippen LogP contribution in [0.3, 0.4) is 0 Å². The van der Waals surface area contributed by atoms with Crippen molar-refractivity contribution in [2.24, 2.45) is 0 Å². The third kappa shape index (κ3) is 2.22. The van der Waals surface area contributed by atoms with E-state index in [2.05, 4.69) is 6.92 Å². The van der Waals surface area contributed by atoms with Gasteiger partial charge in [-0.1, -0.05) is 26.2 Å². The lowest BCUT2D eigenvalue weighted by molar-refractivity contribution is 0.239. The van der Waals surface area contributed by atoms with E-state index in [0.717, 1.165) is 6.42 Å². The number of rotatable bonds is 6. The molecule has 2 aliphatic heterocycles. The molecule has 1 N–H and O–H groups in total. The molecule has 0 spiro atoms. The molecule has 0 unspecified atom stereocenters. The second-order valence-electron chi connectivity index (χ2n) is 3.96. The Morgan fingerprint density at radius 2 is 1.77 bits per heavy atom. The molecule has 0 aromatic carbocycles. The van der Waals surface area contributed by atoms with Crippen LogP contribution in [0.15, 0.2) is 0 Å². The molecule has 0 bridgehead atoms. The minimum absolute atomic E-state index is 0.0705. The summed E-state index contributed by atoms with van der Waals surface area (Å²) in [5.41, 5.74) is 0. The lowest BCUT2D eigenvalue weighted by Gasteiger charge is -1.92. The Bertz CT molecular complexity index is 172. The molecule has 3 nitrogen and oxygen atoms in total. The van der Waals surface area contributed by atoms with E-state index < -0.39 is 0 Å². The average molecular weight is 186 g/mol. The molecule has 0 aromatic heterocycles. The van der Waals surface area contributed by atoms with Crippen molar-refractivity contribution in [1.29, 1.82) is 0 Å². The summed E-state index contributed by atoms with van der Waals surface area (Å²) in [6.07, 6.45) is 5.97. The van der Waals surface area contributed by atoms with Gasteiger partial charge in [-0.05, 0) is 6.42 Å². The zero-order valence-electron chi connectivity index (χ0n) is 8.11. The van der Waals surface area contributed by atoms with Crippen molar-refractivity contribution >= 4 is 0 Å². The van der Waals surface area contributed by atoms with Gasteiger partial charge in [-0.25, -0.2) is 0 Å². The summed E-state index contributed by atoms with van der Waals surface area (Å²) in [5.74, 6) is 0. The van der Waals surface area contributed by atoms with Crippen molar-refractivity contribution in [2.75, 3.05) is 6.61 Å². The molecule has 2 saturated heterocycles. The third-order valence-electron chi connectivity index (χ3n) is 2.84. The average Bonchev–Trinajstić information content (AvgIpc) is 2.99. The fourth-order valence-corrected chi connectivity index (χ4v) is 1.87. The van der Waals surface area contributed by atoms with Crippen molar-refractivity contribution < 1.29 is 14.6 Å². The van der Waals surface area contributed by atoms with Crippen molar-refractivity contribution in [3.05, 3.63) is 0 Å². The molecular weight excluding hydrogens is 168 g/mol. The summed E-state index contributed by atoms with van der Waals surface area (Å²) in [6, 6.07) is 0. The molecular formula is C10H18O3. The third-order valence-corrected chi connectivity index (χ3v) is 2.84. The maximum Gasteiger partial charge on any atom is 0.115 e. The SMILES string of the molecule is CCCCC[C@@H]1O[C@@H]1[C@H]1O[C@H]1CO. The highest BCUT2D eigenvalue weighted by molar-refractivity contribution is 5.02. The topological polar surface area (TPSA) is 45.3 Å². The van der Waals surface area contributed by atoms with Crippen LogP contribution in [-0.4, -0.2) is 36.1 Å². The summed E-state index contributed by atoms with van der Waals surface area (Å²) < 4.78 is 10.7. The second kappa shape index (κ2) is 3.95. The predicted molar refractivity (Wildman–Crippen MR) is 48.5 cm³/mol. The van der Waals surface area contributed by atoms with Crippen LogP contribution in [0.4, 0.5) is 0 Å². The van der Waals surface area contributed by atoms with Crippen LogP contribution in [0.1, 0.15) is 32.6 Å². The van der Waals surface area contributed by atoms with Gasteiger partial charge in [-0.3, -0.25) is 0 Å². The van der Waals surface area contributed by atoms with Gasteiger partial charge < -0.3 is 14.6 Å². The zero-order valence-corrected chi connectivity index (χ0v) is 8.11. The molecule has 3 heteroatoms. The van der Waals surface area contributed by atoms with Crippen molar-refractivity contribution in [1.82, 2.24) is 0 Å². The summed E-state index contributed by atoms with van der Waals surface area (Å²) >= 11 is 0. The predicted octanol–water partition coefficient (Wildman–Crippen LogP) is 1.09. The molecule has 0 aromatic rings. The Hall–Kier alpha value is -0.120. The fourth-order valence-electron chi connectivity index (χ4n) is 1.87. The highest BCUT2D eigenvalue weighted by atomic mass is 16.7. The lowest BCUT2D eigenvalue weighted by Crippen LogP contribution is -2.08. The molecule has 13 heavy (non-hydrogen) atoms. The fraction of sp³-hybridized carbons (Fsp3) is 1.00. The maximum absolute atomic E-state index is 8.77. The Balaban J connectivity index is 1.56. The largest absolute Gasteiger partial charge is 0.394 e. The van der Waals surface area contributed by atoms with E-state index in [1.165, 1.54) is 19.3 Å². The first kappa shape index (κ1) is 9.44. The van der Waals surface area contributed by atoms with E-state index in [1.807, 2.05) is 0 Å². The first-order valence-electron chi connectivity index (χ1n) is 5.28. The number of aliphatic hydroxyl groups excluding tert-OH is 1. The number of hydrogen-bond acceptors (Lipinski definition) is 3. The first-order valence-corrected chi connectivity index (χ1v) is 5.28. The Morgan fingerprint density at radius 1 is 1.08 bits per heavy atom. The molecule has 2 fully saturated rings. The van der Waals surface area contributed by atoms with E-state index >= 15 is 0 Å². The quantitative estimate of drug-likeness (QED) is 0.499. The van der Waals surface area contributed by atoms with Crippen LogP contribution in [0, 0.1) is 0 Å². The molecule has 76 valence electrons. The summed E-state index contributed by atoms with van der Waals surface area (Å²) in [5, 5.41) is 8.77. The molecule has 4 atom stereocenters. The van der Waals surface area contributed by atoms with Gasteiger partial charge in [-0.2, -0.15) is 0 Å². The van der Waals surface area contributed by atoms with E-state index in [9.17, 15) is 0 Å². The van der Waals surface area contributed by atoms with Crippen LogP contribution in [0.25, 0.3) is 0 Å². The van der Waals surface area contributed by atoms with Crippen LogP contribution < -0.4 is 0 Å². The highest BCUT2D eigenvalue weighted by Crippen LogP contribution is 2.40. The van der Waals surface area contributed by atoms with Gasteiger partial charge >= 0.3 is 0 Å². The van der Waals surface area contributed by atoms with E-state index in [-0.39, 0.29) is 18.8 Å². The first-order chi connectivity index (χ1) is 6.36. The summed E-state index contributed by atoms with van der Waals surface area (Å²) in [7, 11) is 0. The van der Waals surface area contributed by atoms with Crippen LogP contribution >= 0.6 is 0 Å². The van der Waals surface area contributed by atoms with Crippen molar-refractivity contribution in [2.45, 2.75) is 57.0 Å². The van der Waals surface area contributed by atoms with E-state index in [0.29, 0.717) is 12.2 Å². The molecule has 0 amide bonds. The molecule has 2 heterocycles. The standard InChI is InChI=1S/C10H18O3/c1-2-3-4-5-7-9(12-7)10-8(6-11)13-10/h7-11H,2-6H2,1H3/t7-,8-,9-,10-/m0/s1. The number of aliphatic hydroxyl groups is 1. The van der Waals surface area contributed by atoms with Crippen LogP contribution in [-0.2, 0) is 9.47 Å². The van der Waals surface area contributed by atoms with Gasteiger partial charge in [-0.15, -0.1) is 0 Å². The van der Waals surface area contributed by atoms with Crippen LogP contribution in [0.5, 0.6) is 0 Å². The zero-order chi connectivity index (χ0) is 9.26. The normalized spacial score (nSPS) is 42.0. The van der Waals surface area contributed by atoms with E-state index in [1.54, 1.807) is 0 Å². The minimum Gasteiger partial charge on any atom is -0.394 e. The Kier molecular flexibility index (Phi) is 2.86. The van der Waals surface area contributed by atoms with Gasteiger partial charge in [0, 0.05) is 0 Å². The molecule has 0 radical (unpaired) electrons. The molecule has 0 saturated carbocycles. The van der Waals surface area contributed by atoms with Crippen molar-refractivity contribution in [3.8, 4) is 0 Å². The number of epoxide rings is 2. The number of unbranched alkanes of at least 4 members (excludes halogenated alkanes) is 2. The minimum atomic E-state index is 0.0705. The number of hydrogen-bond donors (Lipinski definition) is 1. The van der Waals surface area contributed by atoms with Gasteiger partial charge in [0.05, 0.1) is 12.7 Å². The second-order valence-corrected chi connectivity index (χ2v) is 3.96.